The van der Waals surface area contributed by atoms with Crippen molar-refractivity contribution in [1.82, 2.24) is 9.80 Å². The van der Waals surface area contributed by atoms with E-state index in [4.69, 9.17) is 11.6 Å². The number of rotatable bonds is 7. The molecule has 2 aromatic rings. The molecule has 2 aliphatic rings. The number of carbonyl (C=O) groups excluding carboxylic acids is 2. The summed E-state index contributed by atoms with van der Waals surface area (Å²) in [5.74, 6) is 0.0786. The van der Waals surface area contributed by atoms with Gasteiger partial charge in [0.05, 0.1) is 0 Å². The maximum atomic E-state index is 13.0. The number of benzene rings is 2. The van der Waals surface area contributed by atoms with Crippen LogP contribution < -0.4 is 0 Å². The molecule has 1 unspecified atom stereocenters. The molecule has 5 heteroatoms. The van der Waals surface area contributed by atoms with Crippen LogP contribution in [-0.2, 0) is 11.2 Å². The van der Waals surface area contributed by atoms with Crippen LogP contribution in [0.25, 0.3) is 0 Å². The van der Waals surface area contributed by atoms with Crippen molar-refractivity contribution >= 4 is 23.3 Å². The Morgan fingerprint density at radius 1 is 0.931 bits per heavy atom. The standard InChI is InChI=1S/C24H27ClN2O2/c25-20-8-6-19(7-9-20)23(28)12-13-24(29)27-15-14-26(21-10-11-21)17-22(27)16-18-4-2-1-3-5-18/h1-9,21-22H,10-17H2. The van der Waals surface area contributed by atoms with E-state index >= 15 is 0 Å². The number of amides is 1. The van der Waals surface area contributed by atoms with E-state index in [1.165, 1.54) is 18.4 Å². The summed E-state index contributed by atoms with van der Waals surface area (Å²) in [6.07, 6.45) is 3.92. The average molecular weight is 411 g/mol. The zero-order valence-electron chi connectivity index (χ0n) is 16.6. The van der Waals surface area contributed by atoms with Crippen molar-refractivity contribution in [2.45, 2.75) is 44.2 Å². The van der Waals surface area contributed by atoms with Gasteiger partial charge < -0.3 is 4.90 Å². The number of carbonyl (C=O) groups is 2. The van der Waals surface area contributed by atoms with Crippen molar-refractivity contribution in [1.29, 1.82) is 0 Å². The third kappa shape index (κ3) is 5.26. The molecule has 29 heavy (non-hydrogen) atoms. The molecule has 1 amide bonds. The highest BCUT2D eigenvalue weighted by molar-refractivity contribution is 6.30. The molecule has 152 valence electrons. The maximum Gasteiger partial charge on any atom is 0.223 e. The number of Topliss-reactive ketones (excluding diaryl/α,β-unsaturated/α-hetero) is 1. The van der Waals surface area contributed by atoms with Crippen LogP contribution in [0.4, 0.5) is 0 Å². The zero-order valence-corrected chi connectivity index (χ0v) is 17.4. The first-order valence-electron chi connectivity index (χ1n) is 10.5. The van der Waals surface area contributed by atoms with E-state index in [1.807, 2.05) is 23.1 Å². The Balaban J connectivity index is 1.39. The van der Waals surface area contributed by atoms with Crippen molar-refractivity contribution in [2.24, 2.45) is 0 Å². The minimum atomic E-state index is -0.00811. The summed E-state index contributed by atoms with van der Waals surface area (Å²) in [5, 5.41) is 0.606. The molecule has 1 heterocycles. The van der Waals surface area contributed by atoms with E-state index in [9.17, 15) is 9.59 Å². The summed E-state index contributed by atoms with van der Waals surface area (Å²) in [6.45, 7) is 2.62. The first-order chi connectivity index (χ1) is 14.1. The quantitative estimate of drug-likeness (QED) is 0.641. The van der Waals surface area contributed by atoms with Crippen LogP contribution in [0.15, 0.2) is 54.6 Å². The van der Waals surface area contributed by atoms with Crippen LogP contribution in [0.5, 0.6) is 0 Å². The highest BCUT2D eigenvalue weighted by Gasteiger charge is 2.37. The van der Waals surface area contributed by atoms with Gasteiger partial charge in [0.15, 0.2) is 5.78 Å². The fourth-order valence-electron chi connectivity index (χ4n) is 4.18. The van der Waals surface area contributed by atoms with Crippen LogP contribution in [0.3, 0.4) is 0 Å². The van der Waals surface area contributed by atoms with Gasteiger partial charge in [-0.2, -0.15) is 0 Å². The van der Waals surface area contributed by atoms with E-state index in [0.29, 0.717) is 16.6 Å². The lowest BCUT2D eigenvalue weighted by molar-refractivity contribution is -0.136. The number of hydrogen-bond acceptors (Lipinski definition) is 3. The molecule has 1 saturated heterocycles. The molecule has 4 rings (SSSR count). The van der Waals surface area contributed by atoms with Gasteiger partial charge in [0.1, 0.15) is 0 Å². The summed E-state index contributed by atoms with van der Waals surface area (Å²) < 4.78 is 0. The normalized spacial score (nSPS) is 19.9. The number of hydrogen-bond donors (Lipinski definition) is 0. The fourth-order valence-corrected chi connectivity index (χ4v) is 4.31. The SMILES string of the molecule is O=C(CCC(=O)N1CCN(C2CC2)CC1Cc1ccccc1)c1ccc(Cl)cc1. The summed E-state index contributed by atoms with van der Waals surface area (Å²) in [6, 6.07) is 18.1. The lowest BCUT2D eigenvalue weighted by Gasteiger charge is -2.42. The lowest BCUT2D eigenvalue weighted by atomic mass is 10.0. The largest absolute Gasteiger partial charge is 0.337 e. The highest BCUT2D eigenvalue weighted by atomic mass is 35.5. The second-order valence-corrected chi connectivity index (χ2v) is 8.52. The summed E-state index contributed by atoms with van der Waals surface area (Å²) in [5.41, 5.74) is 1.87. The monoisotopic (exact) mass is 410 g/mol. The van der Waals surface area contributed by atoms with Crippen molar-refractivity contribution in [3.05, 3.63) is 70.7 Å². The third-order valence-corrected chi connectivity index (χ3v) is 6.20. The number of piperazine rings is 1. The fraction of sp³-hybridized carbons (Fsp3) is 0.417. The van der Waals surface area contributed by atoms with E-state index in [-0.39, 0.29) is 30.6 Å². The molecule has 1 aliphatic heterocycles. The second-order valence-electron chi connectivity index (χ2n) is 8.09. The van der Waals surface area contributed by atoms with E-state index in [1.54, 1.807) is 24.3 Å². The van der Waals surface area contributed by atoms with Crippen molar-refractivity contribution in [3.63, 3.8) is 0 Å². The molecule has 1 aliphatic carbocycles. The zero-order chi connectivity index (χ0) is 20.2. The molecule has 0 radical (unpaired) electrons. The molecule has 1 saturated carbocycles. The van der Waals surface area contributed by atoms with Crippen LogP contribution >= 0.6 is 11.6 Å². The van der Waals surface area contributed by atoms with Gasteiger partial charge >= 0.3 is 0 Å². The Hall–Kier alpha value is -2.17. The lowest BCUT2D eigenvalue weighted by Crippen LogP contribution is -2.56. The number of nitrogens with zero attached hydrogens (tertiary/aromatic N) is 2. The van der Waals surface area contributed by atoms with Crippen LogP contribution in [0.1, 0.15) is 41.6 Å². The summed E-state index contributed by atoms with van der Waals surface area (Å²) in [7, 11) is 0. The predicted molar refractivity (Wildman–Crippen MR) is 115 cm³/mol. The Morgan fingerprint density at radius 2 is 1.66 bits per heavy atom. The van der Waals surface area contributed by atoms with Crippen molar-refractivity contribution in [2.75, 3.05) is 19.6 Å². The van der Waals surface area contributed by atoms with Gasteiger partial charge in [-0.15, -0.1) is 0 Å². The predicted octanol–water partition coefficient (Wildman–Crippen LogP) is 4.22. The smallest absolute Gasteiger partial charge is 0.223 e. The second kappa shape index (κ2) is 9.10. The Bertz CT molecular complexity index is 849. The molecular weight excluding hydrogens is 384 g/mol. The molecule has 0 N–H and O–H groups in total. The number of ketones is 1. The Labute approximate surface area is 177 Å². The maximum absolute atomic E-state index is 13.0. The Kier molecular flexibility index (Phi) is 6.31. The highest BCUT2D eigenvalue weighted by Crippen LogP contribution is 2.30. The molecular formula is C24H27ClN2O2. The summed E-state index contributed by atoms with van der Waals surface area (Å²) in [4.78, 5) is 30.0. The van der Waals surface area contributed by atoms with Crippen molar-refractivity contribution in [3.8, 4) is 0 Å². The molecule has 4 nitrogen and oxygen atoms in total. The van der Waals surface area contributed by atoms with Gasteiger partial charge in [0.25, 0.3) is 0 Å². The van der Waals surface area contributed by atoms with Gasteiger partial charge in [-0.05, 0) is 49.1 Å². The van der Waals surface area contributed by atoms with Gasteiger partial charge in [0.2, 0.25) is 5.91 Å². The molecule has 2 fully saturated rings. The molecule has 2 aromatic carbocycles. The molecule has 0 aromatic heterocycles. The van der Waals surface area contributed by atoms with Crippen molar-refractivity contribution < 1.29 is 9.59 Å². The average Bonchev–Trinajstić information content (AvgIpc) is 3.58. The molecule has 1 atom stereocenters. The van der Waals surface area contributed by atoms with E-state index in [2.05, 4.69) is 17.0 Å². The van der Waals surface area contributed by atoms with Crippen LogP contribution in [-0.4, -0.2) is 53.2 Å². The van der Waals surface area contributed by atoms with Crippen LogP contribution in [0.2, 0.25) is 5.02 Å². The van der Waals surface area contributed by atoms with Gasteiger partial charge in [0, 0.05) is 55.1 Å². The summed E-state index contributed by atoms with van der Waals surface area (Å²) >= 11 is 5.89. The first kappa shape index (κ1) is 20.1. The minimum absolute atomic E-state index is 0.00811. The van der Waals surface area contributed by atoms with Crippen LogP contribution in [0, 0.1) is 0 Å². The van der Waals surface area contributed by atoms with Gasteiger partial charge in [-0.1, -0.05) is 41.9 Å². The molecule has 0 bridgehead atoms. The van der Waals surface area contributed by atoms with Gasteiger partial charge in [-0.25, -0.2) is 0 Å². The molecule has 0 spiro atoms. The topological polar surface area (TPSA) is 40.6 Å². The Morgan fingerprint density at radius 3 is 2.34 bits per heavy atom. The number of halogens is 1. The van der Waals surface area contributed by atoms with E-state index < -0.39 is 0 Å². The van der Waals surface area contributed by atoms with E-state index in [0.717, 1.165) is 26.1 Å². The van der Waals surface area contributed by atoms with Gasteiger partial charge in [-0.3, -0.25) is 14.5 Å². The minimum Gasteiger partial charge on any atom is -0.337 e. The third-order valence-electron chi connectivity index (χ3n) is 5.94. The first-order valence-corrected chi connectivity index (χ1v) is 10.8.